The molecule has 148 valence electrons. The fraction of sp³-hybridized carbons (Fsp3) is 0.217. The first-order chi connectivity index (χ1) is 14.1. The highest BCUT2D eigenvalue weighted by atomic mass is 35.5. The van der Waals surface area contributed by atoms with Crippen molar-refractivity contribution >= 4 is 34.8 Å². The Labute approximate surface area is 179 Å². The van der Waals surface area contributed by atoms with E-state index < -0.39 is 6.04 Å². The number of halogens is 1. The molecule has 1 aromatic heterocycles. The quantitative estimate of drug-likeness (QED) is 0.636. The molecule has 1 atom stereocenters. The van der Waals surface area contributed by atoms with Crippen LogP contribution in [0.15, 0.2) is 66.0 Å². The Bertz CT molecular complexity index is 1020. The predicted octanol–water partition coefficient (Wildman–Crippen LogP) is 4.85. The van der Waals surface area contributed by atoms with Crippen LogP contribution in [0.5, 0.6) is 0 Å². The Balaban J connectivity index is 1.51. The number of nitrogens with zero attached hydrogens (tertiary/aromatic N) is 1. The van der Waals surface area contributed by atoms with E-state index in [1.807, 2.05) is 35.2 Å². The third kappa shape index (κ3) is 4.52. The maximum absolute atomic E-state index is 13.1. The normalized spacial score (nSPS) is 14.2. The zero-order valence-corrected chi connectivity index (χ0v) is 17.4. The van der Waals surface area contributed by atoms with Gasteiger partial charge in [-0.2, -0.15) is 0 Å². The molecule has 29 heavy (non-hydrogen) atoms. The van der Waals surface area contributed by atoms with Crippen molar-refractivity contribution < 1.29 is 9.59 Å². The van der Waals surface area contributed by atoms with Crippen molar-refractivity contribution in [2.45, 2.75) is 25.4 Å². The van der Waals surface area contributed by atoms with Gasteiger partial charge in [-0.05, 0) is 41.1 Å². The van der Waals surface area contributed by atoms with E-state index in [9.17, 15) is 9.59 Å². The number of fused-ring (bicyclic) bond motifs is 1. The molecule has 0 saturated carbocycles. The van der Waals surface area contributed by atoms with E-state index in [1.54, 1.807) is 35.6 Å². The Morgan fingerprint density at radius 1 is 1.07 bits per heavy atom. The molecular formula is C23H21ClN2O2S. The number of hydrogen-bond donors (Lipinski definition) is 1. The van der Waals surface area contributed by atoms with Crippen LogP contribution in [0, 0.1) is 0 Å². The second-order valence-corrected chi connectivity index (χ2v) is 8.46. The van der Waals surface area contributed by atoms with Crippen LogP contribution in [0.3, 0.4) is 0 Å². The lowest BCUT2D eigenvalue weighted by Crippen LogP contribution is -2.39. The van der Waals surface area contributed by atoms with E-state index in [-0.39, 0.29) is 18.2 Å². The predicted molar refractivity (Wildman–Crippen MR) is 116 cm³/mol. The average molecular weight is 425 g/mol. The van der Waals surface area contributed by atoms with Gasteiger partial charge < -0.3 is 10.2 Å². The highest BCUT2D eigenvalue weighted by Gasteiger charge is 2.26. The zero-order chi connectivity index (χ0) is 20.2. The first kappa shape index (κ1) is 19.7. The van der Waals surface area contributed by atoms with Gasteiger partial charge in [0.15, 0.2) is 0 Å². The van der Waals surface area contributed by atoms with Gasteiger partial charge in [0.2, 0.25) is 5.91 Å². The van der Waals surface area contributed by atoms with Crippen molar-refractivity contribution in [3.05, 3.63) is 92.6 Å². The summed E-state index contributed by atoms with van der Waals surface area (Å²) < 4.78 is 0. The van der Waals surface area contributed by atoms with Crippen LogP contribution < -0.4 is 5.32 Å². The van der Waals surface area contributed by atoms with Crippen molar-refractivity contribution in [3.63, 3.8) is 0 Å². The van der Waals surface area contributed by atoms with Gasteiger partial charge in [0, 0.05) is 18.0 Å². The number of benzene rings is 2. The smallest absolute Gasteiger partial charge is 0.253 e. The maximum atomic E-state index is 13.1. The van der Waals surface area contributed by atoms with Crippen LogP contribution in [0.25, 0.3) is 0 Å². The second kappa shape index (κ2) is 8.80. The molecule has 0 fully saturated rings. The van der Waals surface area contributed by atoms with Crippen LogP contribution in [-0.4, -0.2) is 23.3 Å². The third-order valence-corrected chi connectivity index (χ3v) is 6.52. The molecule has 1 aliphatic rings. The van der Waals surface area contributed by atoms with Gasteiger partial charge in [-0.15, -0.1) is 11.3 Å². The van der Waals surface area contributed by atoms with Crippen LogP contribution in [0.2, 0.25) is 5.02 Å². The van der Waals surface area contributed by atoms with Crippen molar-refractivity contribution in [1.29, 1.82) is 0 Å². The summed E-state index contributed by atoms with van der Waals surface area (Å²) in [7, 11) is 0. The van der Waals surface area contributed by atoms with Gasteiger partial charge in [0.05, 0.1) is 23.0 Å². The number of carbonyl (C=O) groups excluding carboxylic acids is 2. The second-order valence-electron chi connectivity index (χ2n) is 7.06. The molecule has 1 N–H and O–H groups in total. The van der Waals surface area contributed by atoms with Crippen molar-refractivity contribution in [2.75, 3.05) is 6.54 Å². The van der Waals surface area contributed by atoms with Gasteiger partial charge in [0.1, 0.15) is 0 Å². The standard InChI is InChI=1S/C23H21ClN2O2S/c24-19-9-5-4-8-18(19)23(28)25-20(16-6-2-1-3-7-16)14-22(27)26-12-10-21-17(15-26)11-13-29-21/h1-9,11,13,20H,10,12,14-15H2,(H,25,28). The van der Waals surface area contributed by atoms with Crippen LogP contribution in [0.4, 0.5) is 0 Å². The average Bonchev–Trinajstić information content (AvgIpc) is 3.22. The summed E-state index contributed by atoms with van der Waals surface area (Å²) in [5, 5.41) is 5.48. The van der Waals surface area contributed by atoms with E-state index >= 15 is 0 Å². The highest BCUT2D eigenvalue weighted by Crippen LogP contribution is 2.26. The number of amides is 2. The third-order valence-electron chi connectivity index (χ3n) is 5.16. The number of carbonyl (C=O) groups is 2. The van der Waals surface area contributed by atoms with Gasteiger partial charge in [-0.3, -0.25) is 9.59 Å². The summed E-state index contributed by atoms with van der Waals surface area (Å²) in [6.45, 7) is 1.35. The Hall–Kier alpha value is -2.63. The molecule has 2 amide bonds. The molecule has 0 aliphatic carbocycles. The minimum absolute atomic E-state index is 0.0372. The SMILES string of the molecule is O=C(NC(CC(=O)N1CCc2sccc2C1)c1ccccc1)c1ccccc1Cl. The zero-order valence-electron chi connectivity index (χ0n) is 15.8. The Morgan fingerprint density at radius 2 is 1.83 bits per heavy atom. The summed E-state index contributed by atoms with van der Waals surface area (Å²) in [5.41, 5.74) is 2.53. The van der Waals surface area contributed by atoms with Crippen LogP contribution in [-0.2, 0) is 17.8 Å². The largest absolute Gasteiger partial charge is 0.345 e. The van der Waals surface area contributed by atoms with Gasteiger partial charge in [0.25, 0.3) is 5.91 Å². The molecule has 0 saturated heterocycles. The number of hydrogen-bond acceptors (Lipinski definition) is 3. The fourth-order valence-electron chi connectivity index (χ4n) is 3.58. The van der Waals surface area contributed by atoms with E-state index in [0.717, 1.165) is 12.0 Å². The van der Waals surface area contributed by atoms with Crippen molar-refractivity contribution in [3.8, 4) is 0 Å². The molecule has 3 aromatic rings. The topological polar surface area (TPSA) is 49.4 Å². The lowest BCUT2D eigenvalue weighted by molar-refractivity contribution is -0.132. The summed E-state index contributed by atoms with van der Waals surface area (Å²) in [6, 6.07) is 18.2. The molecule has 2 heterocycles. The number of thiophene rings is 1. The van der Waals surface area contributed by atoms with Gasteiger partial charge >= 0.3 is 0 Å². The van der Waals surface area contributed by atoms with Crippen LogP contribution >= 0.6 is 22.9 Å². The fourth-order valence-corrected chi connectivity index (χ4v) is 4.70. The summed E-state index contributed by atoms with van der Waals surface area (Å²) in [5.74, 6) is -0.244. The van der Waals surface area contributed by atoms with Gasteiger partial charge in [-0.1, -0.05) is 54.1 Å². The van der Waals surface area contributed by atoms with E-state index in [2.05, 4.69) is 16.8 Å². The molecule has 0 radical (unpaired) electrons. The number of rotatable bonds is 5. The van der Waals surface area contributed by atoms with Gasteiger partial charge in [-0.25, -0.2) is 0 Å². The first-order valence-electron chi connectivity index (χ1n) is 9.55. The molecule has 0 spiro atoms. The molecule has 2 aromatic carbocycles. The first-order valence-corrected chi connectivity index (χ1v) is 10.8. The van der Waals surface area contributed by atoms with Crippen molar-refractivity contribution in [2.24, 2.45) is 0 Å². The molecular weight excluding hydrogens is 404 g/mol. The molecule has 0 bridgehead atoms. The lowest BCUT2D eigenvalue weighted by Gasteiger charge is -2.29. The summed E-state index contributed by atoms with van der Waals surface area (Å²) in [4.78, 5) is 29.1. The highest BCUT2D eigenvalue weighted by molar-refractivity contribution is 7.10. The minimum atomic E-state index is -0.420. The Kier molecular flexibility index (Phi) is 5.97. The lowest BCUT2D eigenvalue weighted by atomic mass is 10.0. The minimum Gasteiger partial charge on any atom is -0.345 e. The molecule has 6 heteroatoms. The number of nitrogens with one attached hydrogen (secondary N) is 1. The van der Waals surface area contributed by atoms with Crippen molar-refractivity contribution in [1.82, 2.24) is 10.2 Å². The maximum Gasteiger partial charge on any atom is 0.253 e. The monoisotopic (exact) mass is 424 g/mol. The Morgan fingerprint density at radius 3 is 2.62 bits per heavy atom. The molecule has 1 unspecified atom stereocenters. The van der Waals surface area contributed by atoms with E-state index in [1.165, 1.54) is 10.4 Å². The van der Waals surface area contributed by atoms with E-state index in [0.29, 0.717) is 23.7 Å². The summed E-state index contributed by atoms with van der Waals surface area (Å²) >= 11 is 7.93. The summed E-state index contributed by atoms with van der Waals surface area (Å²) in [6.07, 6.45) is 1.10. The van der Waals surface area contributed by atoms with E-state index in [4.69, 9.17) is 11.6 Å². The molecule has 4 nitrogen and oxygen atoms in total. The molecule has 1 aliphatic heterocycles. The van der Waals surface area contributed by atoms with Crippen LogP contribution in [0.1, 0.15) is 38.8 Å². The molecule has 4 rings (SSSR count).